The highest BCUT2D eigenvalue weighted by molar-refractivity contribution is 7.45. The minimum atomic E-state index is -4.66. The van der Waals surface area contributed by atoms with Crippen LogP contribution in [0.2, 0.25) is 0 Å². The molecule has 10 heteroatoms. The molecule has 0 aromatic carbocycles. The number of carbonyl (C=O) groups is 2. The highest BCUT2D eigenvalue weighted by Gasteiger charge is 2.22. The number of hydrogen-bond acceptors (Lipinski definition) is 8. The van der Waals surface area contributed by atoms with Gasteiger partial charge in [-0.15, -0.1) is 0 Å². The molecule has 0 N–H and O–H groups in total. The maximum Gasteiger partial charge on any atom is 0.306 e. The van der Waals surface area contributed by atoms with Crippen LogP contribution < -0.4 is 4.89 Å². The highest BCUT2D eigenvalue weighted by Crippen LogP contribution is 2.38. The van der Waals surface area contributed by atoms with Crippen molar-refractivity contribution >= 4 is 19.8 Å². The molecule has 0 aliphatic carbocycles. The summed E-state index contributed by atoms with van der Waals surface area (Å²) in [7, 11) is 1.13. The van der Waals surface area contributed by atoms with Crippen LogP contribution in [0.15, 0.2) is 109 Å². The predicted octanol–water partition coefficient (Wildman–Crippen LogP) is 21.1. The second kappa shape index (κ2) is 62.2. The normalized spacial score (nSPS) is 13.9. The maximum atomic E-state index is 12.8. The smallest absolute Gasteiger partial charge is 0.306 e. The number of unbranched alkanes of at least 4 members (excludes halogenated alkanes) is 29. The number of rotatable bonds is 61. The molecule has 0 rings (SSSR count). The summed E-state index contributed by atoms with van der Waals surface area (Å²) < 4.78 is 34.1. The van der Waals surface area contributed by atoms with Gasteiger partial charge in [0.1, 0.15) is 19.8 Å². The van der Waals surface area contributed by atoms with E-state index in [0.29, 0.717) is 23.9 Å². The molecule has 0 aromatic rings. The van der Waals surface area contributed by atoms with Gasteiger partial charge < -0.3 is 27.9 Å². The molecule has 9 nitrogen and oxygen atoms in total. The van der Waals surface area contributed by atoms with Crippen molar-refractivity contribution in [2.45, 2.75) is 290 Å². The molecule has 0 spiro atoms. The van der Waals surface area contributed by atoms with Crippen molar-refractivity contribution in [3.05, 3.63) is 109 Å². The van der Waals surface area contributed by atoms with Crippen LogP contribution in [0.5, 0.6) is 0 Å². The van der Waals surface area contributed by atoms with Crippen molar-refractivity contribution in [2.24, 2.45) is 0 Å². The van der Waals surface area contributed by atoms with Gasteiger partial charge in [-0.3, -0.25) is 14.2 Å². The lowest BCUT2D eigenvalue weighted by Crippen LogP contribution is -2.37. The molecular formula is C72H126NO8P. The van der Waals surface area contributed by atoms with Crippen LogP contribution in [0.3, 0.4) is 0 Å². The van der Waals surface area contributed by atoms with Gasteiger partial charge in [-0.05, 0) is 89.9 Å². The summed E-state index contributed by atoms with van der Waals surface area (Å²) in [6, 6.07) is 0. The lowest BCUT2D eigenvalue weighted by atomic mass is 10.0. The number of likely N-dealkylation sites (N-methyl/N-ethyl adjacent to an activating group) is 1. The van der Waals surface area contributed by atoms with Gasteiger partial charge in [0, 0.05) is 12.8 Å². The number of carbonyl (C=O) groups excluding carboxylic acids is 2. The minimum Gasteiger partial charge on any atom is -0.756 e. The Bertz CT molecular complexity index is 1750. The van der Waals surface area contributed by atoms with Crippen LogP contribution >= 0.6 is 7.82 Å². The molecule has 0 aromatic heterocycles. The predicted molar refractivity (Wildman–Crippen MR) is 351 cm³/mol. The Kier molecular flexibility index (Phi) is 59.7. The van der Waals surface area contributed by atoms with Gasteiger partial charge in [0.15, 0.2) is 6.10 Å². The van der Waals surface area contributed by atoms with Gasteiger partial charge in [-0.1, -0.05) is 290 Å². The van der Waals surface area contributed by atoms with E-state index in [1.807, 2.05) is 27.2 Å². The van der Waals surface area contributed by atoms with Crippen molar-refractivity contribution in [1.29, 1.82) is 0 Å². The van der Waals surface area contributed by atoms with Crippen molar-refractivity contribution < 1.29 is 42.1 Å². The molecular weight excluding hydrogens is 1040 g/mol. The largest absolute Gasteiger partial charge is 0.756 e. The van der Waals surface area contributed by atoms with Crippen molar-refractivity contribution in [2.75, 3.05) is 47.5 Å². The lowest BCUT2D eigenvalue weighted by Gasteiger charge is -2.28. The Labute approximate surface area is 506 Å². The van der Waals surface area contributed by atoms with Crippen LogP contribution in [0, 0.1) is 0 Å². The number of quaternary nitrogens is 1. The lowest BCUT2D eigenvalue weighted by molar-refractivity contribution is -0.870. The van der Waals surface area contributed by atoms with Gasteiger partial charge in [-0.2, -0.15) is 0 Å². The van der Waals surface area contributed by atoms with Gasteiger partial charge in [0.25, 0.3) is 7.82 Å². The fraction of sp³-hybridized carbons (Fsp3) is 0.722. The molecule has 0 heterocycles. The maximum absolute atomic E-state index is 12.8. The van der Waals surface area contributed by atoms with E-state index < -0.39 is 32.5 Å². The summed E-state index contributed by atoms with van der Waals surface area (Å²) in [5.41, 5.74) is 0. The van der Waals surface area contributed by atoms with Crippen molar-refractivity contribution in [3.63, 3.8) is 0 Å². The third-order valence-electron chi connectivity index (χ3n) is 14.3. The molecule has 0 fully saturated rings. The van der Waals surface area contributed by atoms with Crippen LogP contribution in [0.25, 0.3) is 0 Å². The van der Waals surface area contributed by atoms with Crippen LogP contribution in [0.4, 0.5) is 0 Å². The zero-order valence-corrected chi connectivity index (χ0v) is 54.6. The standard InChI is InChI=1S/C72H126NO8P/c1-6-8-10-12-14-16-18-20-22-24-25-26-27-28-29-30-31-32-33-34-35-36-37-38-39-40-41-42-43-44-45-46-47-49-50-52-54-56-58-60-62-64-71(74)78-68-70(69-80-82(76,77)79-67-66-73(3,4)5)81-72(75)65-63-61-59-57-55-53-51-48-23-21-19-17-15-13-11-9-7-2/h8-11,14-17,20-23,25-26,51,53,57,59,70H,6-7,12-13,18-19,24,27-50,52,54-56,58,60-69H2,1-5H3/b10-8-,11-9-,16-14-,17-15-,22-20-,23-21-,26-25-,53-51-,59-57-. The van der Waals surface area contributed by atoms with Crippen molar-refractivity contribution in [1.82, 2.24) is 0 Å². The summed E-state index contributed by atoms with van der Waals surface area (Å²) in [5, 5.41) is 0. The quantitative estimate of drug-likeness (QED) is 0.0195. The van der Waals surface area contributed by atoms with Gasteiger partial charge >= 0.3 is 11.9 Å². The van der Waals surface area contributed by atoms with E-state index in [1.54, 1.807) is 0 Å². The molecule has 2 atom stereocenters. The number of esters is 2. The number of allylic oxidation sites excluding steroid dienone is 18. The Balaban J connectivity index is 3.92. The van der Waals surface area contributed by atoms with E-state index in [-0.39, 0.29) is 26.1 Å². The number of phosphoric acid groups is 1. The molecule has 0 bridgehead atoms. The monoisotopic (exact) mass is 1160 g/mol. The minimum absolute atomic E-state index is 0.0443. The molecule has 0 aliphatic rings. The fourth-order valence-corrected chi connectivity index (χ4v) is 9.94. The zero-order chi connectivity index (χ0) is 59.8. The average Bonchev–Trinajstić information content (AvgIpc) is 3.46. The average molecular weight is 1160 g/mol. The molecule has 0 saturated carbocycles. The summed E-state index contributed by atoms with van der Waals surface area (Å²) in [5.74, 6) is -0.897. The van der Waals surface area contributed by atoms with E-state index in [2.05, 4.69) is 117 Å². The summed E-state index contributed by atoms with van der Waals surface area (Å²) in [6.07, 6.45) is 87.8. The summed E-state index contributed by atoms with van der Waals surface area (Å²) >= 11 is 0. The van der Waals surface area contributed by atoms with E-state index in [0.717, 1.165) is 77.0 Å². The SMILES string of the molecule is CC/C=C\C/C=C\C/C=C\C/C=C\C/C=C\CCCC(=O)OC(COC(=O)CCCCCCCCCCCCCCCCCCCCCCCCCCCCCC/C=C\C/C=C\C/C=C\C/C=C\CC)COP(=O)([O-])OCC[N+](C)(C)C. The Hall–Kier alpha value is -3.33. The fourth-order valence-electron chi connectivity index (χ4n) is 9.22. The van der Waals surface area contributed by atoms with Crippen LogP contribution in [-0.2, 0) is 32.7 Å². The number of phosphoric ester groups is 1. The first kappa shape index (κ1) is 78.7. The number of ether oxygens (including phenoxy) is 2. The first-order chi connectivity index (χ1) is 40.0. The molecule has 0 radical (unpaired) electrons. The topological polar surface area (TPSA) is 111 Å². The molecule has 2 unspecified atom stereocenters. The first-order valence-electron chi connectivity index (χ1n) is 33.6. The third-order valence-corrected chi connectivity index (χ3v) is 15.3. The van der Waals surface area contributed by atoms with Gasteiger partial charge in [0.05, 0.1) is 27.7 Å². The van der Waals surface area contributed by atoms with Gasteiger partial charge in [-0.25, -0.2) is 0 Å². The van der Waals surface area contributed by atoms with Crippen LogP contribution in [0.1, 0.15) is 284 Å². The Morgan fingerprint density at radius 3 is 1.01 bits per heavy atom. The van der Waals surface area contributed by atoms with Crippen LogP contribution in [-0.4, -0.2) is 70.0 Å². The van der Waals surface area contributed by atoms with E-state index in [9.17, 15) is 19.0 Å². The third kappa shape index (κ3) is 65.8. The van der Waals surface area contributed by atoms with Crippen molar-refractivity contribution in [3.8, 4) is 0 Å². The van der Waals surface area contributed by atoms with E-state index >= 15 is 0 Å². The Morgan fingerprint density at radius 2 is 0.671 bits per heavy atom. The summed E-state index contributed by atoms with van der Waals surface area (Å²) in [6.45, 7) is 3.96. The highest BCUT2D eigenvalue weighted by atomic mass is 31.2. The molecule has 0 saturated heterocycles. The molecule has 0 aliphatic heterocycles. The molecule has 472 valence electrons. The first-order valence-corrected chi connectivity index (χ1v) is 35.1. The zero-order valence-electron chi connectivity index (χ0n) is 53.7. The second-order valence-electron chi connectivity index (χ2n) is 23.4. The van der Waals surface area contributed by atoms with Gasteiger partial charge in [0.2, 0.25) is 0 Å². The Morgan fingerprint density at radius 1 is 0.378 bits per heavy atom. The summed E-state index contributed by atoms with van der Waals surface area (Å²) in [4.78, 5) is 37.9. The van der Waals surface area contributed by atoms with E-state index in [4.69, 9.17) is 18.5 Å². The molecule has 0 amide bonds. The number of nitrogens with zero attached hydrogens (tertiary/aromatic N) is 1. The van der Waals surface area contributed by atoms with E-state index in [1.165, 1.54) is 167 Å². The molecule has 82 heavy (non-hydrogen) atoms. The number of hydrogen-bond donors (Lipinski definition) is 0. The second-order valence-corrected chi connectivity index (χ2v) is 24.8.